The fraction of sp³-hybridized carbons (Fsp3) is 0.263. The van der Waals surface area contributed by atoms with Crippen molar-refractivity contribution in [2.45, 2.75) is 19.9 Å². The van der Waals surface area contributed by atoms with E-state index in [9.17, 15) is 0 Å². The molecule has 0 fully saturated rings. The van der Waals surface area contributed by atoms with Crippen LogP contribution in [0.15, 0.2) is 53.5 Å². The minimum atomic E-state index is 0.568. The highest BCUT2D eigenvalue weighted by molar-refractivity contribution is 6.30. The van der Waals surface area contributed by atoms with Gasteiger partial charge in [-0.25, -0.2) is 4.99 Å². The van der Waals surface area contributed by atoms with Crippen LogP contribution in [0.2, 0.25) is 5.02 Å². The summed E-state index contributed by atoms with van der Waals surface area (Å²) in [6, 6.07) is 17.5. The van der Waals surface area contributed by atoms with E-state index < -0.39 is 0 Å². The Morgan fingerprint density at radius 3 is 2.58 bits per heavy atom. The zero-order chi connectivity index (χ0) is 17.2. The highest BCUT2D eigenvalue weighted by Crippen LogP contribution is 2.10. The number of benzene rings is 2. The third kappa shape index (κ3) is 5.94. The van der Waals surface area contributed by atoms with Crippen LogP contribution in [0.25, 0.3) is 0 Å². The van der Waals surface area contributed by atoms with Crippen molar-refractivity contribution < 1.29 is 0 Å². The molecule has 0 aliphatic rings. The van der Waals surface area contributed by atoms with Crippen LogP contribution in [-0.2, 0) is 13.0 Å². The van der Waals surface area contributed by atoms with Crippen molar-refractivity contribution in [2.75, 3.05) is 13.1 Å². The van der Waals surface area contributed by atoms with Crippen LogP contribution in [0.1, 0.15) is 23.6 Å². The molecule has 0 spiro atoms. The van der Waals surface area contributed by atoms with Crippen LogP contribution >= 0.6 is 11.6 Å². The summed E-state index contributed by atoms with van der Waals surface area (Å²) in [5.41, 5.74) is 2.92. The molecule has 0 aliphatic heterocycles. The van der Waals surface area contributed by atoms with Crippen molar-refractivity contribution >= 4 is 17.6 Å². The van der Waals surface area contributed by atoms with Gasteiger partial charge in [-0.05, 0) is 48.7 Å². The molecule has 2 N–H and O–H groups in total. The van der Waals surface area contributed by atoms with Gasteiger partial charge in [-0.15, -0.1) is 0 Å². The molecule has 0 aromatic heterocycles. The van der Waals surface area contributed by atoms with Gasteiger partial charge in [-0.2, -0.15) is 5.26 Å². The lowest BCUT2D eigenvalue weighted by Gasteiger charge is -2.11. The monoisotopic (exact) mass is 340 g/mol. The molecule has 0 heterocycles. The van der Waals surface area contributed by atoms with Crippen molar-refractivity contribution in [3.63, 3.8) is 0 Å². The van der Waals surface area contributed by atoms with Crippen LogP contribution in [-0.4, -0.2) is 19.0 Å². The molecule has 2 aromatic carbocycles. The van der Waals surface area contributed by atoms with E-state index in [1.807, 2.05) is 49.4 Å². The second-order valence-corrected chi connectivity index (χ2v) is 5.75. The third-order valence-corrected chi connectivity index (χ3v) is 3.68. The Hall–Kier alpha value is -2.51. The van der Waals surface area contributed by atoms with Crippen LogP contribution in [0.3, 0.4) is 0 Å². The highest BCUT2D eigenvalue weighted by Gasteiger charge is 1.99. The molecule has 4 nitrogen and oxygen atoms in total. The molecule has 2 aromatic rings. The van der Waals surface area contributed by atoms with Gasteiger partial charge in [0.05, 0.1) is 18.2 Å². The summed E-state index contributed by atoms with van der Waals surface area (Å²) in [5, 5.41) is 16.1. The van der Waals surface area contributed by atoms with Crippen molar-refractivity contribution in [3.05, 3.63) is 70.2 Å². The smallest absolute Gasteiger partial charge is 0.191 e. The molecule has 24 heavy (non-hydrogen) atoms. The first-order chi connectivity index (χ1) is 11.7. The summed E-state index contributed by atoms with van der Waals surface area (Å²) in [4.78, 5) is 4.57. The number of rotatable bonds is 6. The summed E-state index contributed by atoms with van der Waals surface area (Å²) < 4.78 is 0. The third-order valence-electron chi connectivity index (χ3n) is 3.44. The molecule has 0 amide bonds. The topological polar surface area (TPSA) is 60.2 Å². The van der Waals surface area contributed by atoms with E-state index in [0.717, 1.165) is 36.1 Å². The molecule has 0 aliphatic carbocycles. The minimum absolute atomic E-state index is 0.568. The molecular weight excluding hydrogens is 320 g/mol. The van der Waals surface area contributed by atoms with Crippen molar-refractivity contribution in [3.8, 4) is 6.07 Å². The predicted molar refractivity (Wildman–Crippen MR) is 99.1 cm³/mol. The van der Waals surface area contributed by atoms with Crippen LogP contribution in [0.5, 0.6) is 0 Å². The average Bonchev–Trinajstić information content (AvgIpc) is 2.60. The summed E-state index contributed by atoms with van der Waals surface area (Å²) in [6.07, 6.45) is 0.877. The highest BCUT2D eigenvalue weighted by atomic mass is 35.5. The first-order valence-corrected chi connectivity index (χ1v) is 8.34. The molecule has 0 saturated carbocycles. The Balaban J connectivity index is 1.89. The Labute approximate surface area is 148 Å². The van der Waals surface area contributed by atoms with E-state index >= 15 is 0 Å². The van der Waals surface area contributed by atoms with E-state index in [1.54, 1.807) is 0 Å². The van der Waals surface area contributed by atoms with Gasteiger partial charge < -0.3 is 10.6 Å². The number of nitrogens with zero attached hydrogens (tertiary/aromatic N) is 2. The second-order valence-electron chi connectivity index (χ2n) is 5.31. The summed E-state index contributed by atoms with van der Waals surface area (Å²) in [6.45, 7) is 4.18. The van der Waals surface area contributed by atoms with Gasteiger partial charge in [0.25, 0.3) is 0 Å². The number of nitrogens with one attached hydrogen (secondary N) is 2. The molecular formula is C19H21ClN4. The Morgan fingerprint density at radius 1 is 1.12 bits per heavy atom. The maximum atomic E-state index is 8.82. The second kappa shape index (κ2) is 9.59. The van der Waals surface area contributed by atoms with Crippen molar-refractivity contribution in [1.29, 1.82) is 5.26 Å². The minimum Gasteiger partial charge on any atom is -0.357 e. The number of aliphatic imine (C=N–C) groups is 1. The Morgan fingerprint density at radius 2 is 1.92 bits per heavy atom. The lowest BCUT2D eigenvalue weighted by Crippen LogP contribution is -2.38. The summed E-state index contributed by atoms with van der Waals surface area (Å²) in [5.74, 6) is 0.781. The first-order valence-electron chi connectivity index (χ1n) is 7.97. The van der Waals surface area contributed by atoms with Gasteiger partial charge in [0.1, 0.15) is 0 Å². The molecule has 0 atom stereocenters. The molecule has 5 heteroatoms. The summed E-state index contributed by atoms with van der Waals surface area (Å²) in [7, 11) is 0. The first kappa shape index (κ1) is 17.8. The van der Waals surface area contributed by atoms with E-state index in [-0.39, 0.29) is 0 Å². The predicted octanol–water partition coefficient (Wildman–Crippen LogP) is 3.51. The van der Waals surface area contributed by atoms with Crippen LogP contribution in [0.4, 0.5) is 0 Å². The quantitative estimate of drug-likeness (QED) is 0.625. The maximum absolute atomic E-state index is 8.82. The molecule has 124 valence electrons. The maximum Gasteiger partial charge on any atom is 0.191 e. The zero-order valence-corrected chi connectivity index (χ0v) is 14.5. The largest absolute Gasteiger partial charge is 0.357 e. The number of hydrogen-bond acceptors (Lipinski definition) is 2. The molecule has 2 rings (SSSR count). The van der Waals surface area contributed by atoms with Gasteiger partial charge in [-0.1, -0.05) is 35.9 Å². The summed E-state index contributed by atoms with van der Waals surface area (Å²) >= 11 is 6.00. The van der Waals surface area contributed by atoms with Gasteiger partial charge in [-0.3, -0.25) is 0 Å². The average molecular weight is 341 g/mol. The normalized spacial score (nSPS) is 11.0. The SMILES string of the molecule is CCNC(=NCc1ccc(C#N)cc1)NCCc1cccc(Cl)c1. The zero-order valence-electron chi connectivity index (χ0n) is 13.7. The number of nitriles is 1. The number of guanidine groups is 1. The number of halogens is 1. The van der Waals surface area contributed by atoms with E-state index in [4.69, 9.17) is 16.9 Å². The Bertz CT molecular complexity index is 717. The van der Waals surface area contributed by atoms with Crippen molar-refractivity contribution in [2.24, 2.45) is 4.99 Å². The van der Waals surface area contributed by atoms with Gasteiger partial charge in [0.15, 0.2) is 5.96 Å². The number of hydrogen-bond donors (Lipinski definition) is 2. The van der Waals surface area contributed by atoms with Crippen LogP contribution < -0.4 is 10.6 Å². The molecule has 0 unspecified atom stereocenters. The van der Waals surface area contributed by atoms with E-state index in [1.165, 1.54) is 5.56 Å². The van der Waals surface area contributed by atoms with E-state index in [2.05, 4.69) is 27.8 Å². The lowest BCUT2D eigenvalue weighted by molar-refractivity contribution is 0.799. The lowest BCUT2D eigenvalue weighted by atomic mass is 10.1. The van der Waals surface area contributed by atoms with Gasteiger partial charge in [0.2, 0.25) is 0 Å². The fourth-order valence-corrected chi connectivity index (χ4v) is 2.43. The molecule has 0 bridgehead atoms. The standard InChI is InChI=1S/C19H21ClN4/c1-2-22-19(23-11-10-15-4-3-5-18(20)12-15)24-14-17-8-6-16(13-21)7-9-17/h3-9,12H,2,10-11,14H2,1H3,(H2,22,23,24). The fourth-order valence-electron chi connectivity index (χ4n) is 2.21. The van der Waals surface area contributed by atoms with Crippen LogP contribution in [0, 0.1) is 11.3 Å². The van der Waals surface area contributed by atoms with E-state index in [0.29, 0.717) is 12.1 Å². The molecule has 0 radical (unpaired) electrons. The van der Waals surface area contributed by atoms with Gasteiger partial charge >= 0.3 is 0 Å². The van der Waals surface area contributed by atoms with Crippen molar-refractivity contribution in [1.82, 2.24) is 10.6 Å². The molecule has 0 saturated heterocycles. The Kier molecular flexibility index (Phi) is 7.13. The van der Waals surface area contributed by atoms with Gasteiger partial charge in [0, 0.05) is 18.1 Å².